The fourth-order valence-electron chi connectivity index (χ4n) is 9.18. The molecule has 6 rings (SSSR count). The summed E-state index contributed by atoms with van der Waals surface area (Å²) in [6, 6.07) is 6.58. The van der Waals surface area contributed by atoms with Crippen molar-refractivity contribution in [3.05, 3.63) is 30.5 Å². The highest BCUT2D eigenvalue weighted by molar-refractivity contribution is 7.21. The molecular weight excluding hydrogens is 822 g/mol. The topological polar surface area (TPSA) is 180 Å². The number of aliphatic hydroxyl groups excluding tert-OH is 1. The molecule has 1 amide bonds. The average molecular weight is 890 g/mol. The number of carbonyl (C=O) groups excluding carboxylic acids is 3. The van der Waals surface area contributed by atoms with Gasteiger partial charge in [0.25, 0.3) is 5.67 Å². The molecule has 0 saturated carbocycles. The fourth-order valence-corrected chi connectivity index (χ4v) is 10.1. The predicted octanol–water partition coefficient (Wildman–Crippen LogP) is 5.79. The predicted molar refractivity (Wildman–Crippen MR) is 233 cm³/mol. The molecule has 18 heteroatoms. The Bertz CT molecular complexity index is 1970. The number of aliphatic hydroxyl groups is 1. The van der Waals surface area contributed by atoms with Crippen LogP contribution < -0.4 is 5.32 Å². The zero-order valence-corrected chi connectivity index (χ0v) is 37.9. The minimum absolute atomic E-state index is 0. The lowest BCUT2D eigenvalue weighted by Gasteiger charge is -2.45. The summed E-state index contributed by atoms with van der Waals surface area (Å²) >= 11 is 1.56. The second-order valence-corrected chi connectivity index (χ2v) is 18.9. The quantitative estimate of drug-likeness (QED) is 0.134. The Morgan fingerprint density at radius 3 is 2.48 bits per heavy atom. The van der Waals surface area contributed by atoms with Crippen molar-refractivity contribution in [1.82, 2.24) is 35.1 Å². The van der Waals surface area contributed by atoms with Gasteiger partial charge in [0.2, 0.25) is 0 Å². The number of nitrogens with zero attached hydrogens (tertiary/aromatic N) is 6. The number of ether oxygens (including phenoxy) is 5. The van der Waals surface area contributed by atoms with Crippen LogP contribution >= 0.6 is 11.3 Å². The number of rotatable bonds is 11. The molecule has 0 radical (unpaired) electrons. The van der Waals surface area contributed by atoms with Gasteiger partial charge in [-0.05, 0) is 105 Å². The number of nitrogens with one attached hydrogen (secondary N) is 1. The highest BCUT2D eigenvalue weighted by Gasteiger charge is 2.59. The molecular formula is C44H68FN7O9S. The summed E-state index contributed by atoms with van der Waals surface area (Å²) in [4.78, 5) is 49.9. The second kappa shape index (κ2) is 20.0. The van der Waals surface area contributed by atoms with Gasteiger partial charge >= 0.3 is 12.1 Å². The van der Waals surface area contributed by atoms with Gasteiger partial charge in [-0.1, -0.05) is 38.6 Å². The number of methoxy groups -OCH3 is 1. The van der Waals surface area contributed by atoms with Crippen molar-refractivity contribution >= 4 is 39.4 Å². The molecule has 3 unspecified atom stereocenters. The first-order valence-corrected chi connectivity index (χ1v) is 22.3. The molecule has 3 fully saturated rings. The minimum Gasteiger partial charge on any atom is -0.455 e. The van der Waals surface area contributed by atoms with Crippen molar-refractivity contribution in [3.8, 4) is 10.7 Å². The highest BCUT2D eigenvalue weighted by Crippen LogP contribution is 2.40. The number of carbonyl (C=O) groups is 3. The zero-order valence-electron chi connectivity index (χ0n) is 37.1. The van der Waals surface area contributed by atoms with E-state index in [4.69, 9.17) is 23.7 Å². The summed E-state index contributed by atoms with van der Waals surface area (Å²) in [5, 5.41) is 24.4. The molecule has 3 saturated heterocycles. The SMILES string of the molecule is C.CC[C@H]1OC(=O)C(C)(F)C(=O)C[C@@H](O[C@@H]2O[C@H](C)CC(N(C)C)C2O)[C@](C)(OC)C[C@@H](C)CN[C@H](C)[C@H]2N(CCCCn3cc(-c4nc5ccccc5s4)nn3)C(=O)O[C@]12C. The number of benzene rings is 1. The first-order valence-electron chi connectivity index (χ1n) is 21.4. The maximum absolute atomic E-state index is 16.7. The van der Waals surface area contributed by atoms with Crippen LogP contribution in [-0.2, 0) is 39.8 Å². The Morgan fingerprint density at radius 1 is 1.10 bits per heavy atom. The van der Waals surface area contributed by atoms with Crippen molar-refractivity contribution in [3.63, 3.8) is 0 Å². The number of halogens is 1. The molecule has 0 aliphatic carbocycles. The molecule has 1 aromatic carbocycles. The molecule has 3 aliphatic heterocycles. The van der Waals surface area contributed by atoms with E-state index in [1.54, 1.807) is 41.7 Å². The molecule has 12 atom stereocenters. The Hall–Kier alpha value is -3.65. The number of Topliss-reactive ketones (excluding diaryl/α,β-unsaturated/α-hetero) is 1. The smallest absolute Gasteiger partial charge is 0.410 e. The van der Waals surface area contributed by atoms with Gasteiger partial charge in [-0.15, -0.1) is 16.4 Å². The van der Waals surface area contributed by atoms with Crippen LogP contribution in [0.25, 0.3) is 20.9 Å². The monoisotopic (exact) mass is 889 g/mol. The van der Waals surface area contributed by atoms with E-state index in [2.05, 4.69) is 20.6 Å². The first-order chi connectivity index (χ1) is 28.8. The maximum atomic E-state index is 16.7. The number of likely N-dealkylation sites (N-methyl/N-ethyl adjacent to an activating group) is 1. The number of para-hydroxylation sites is 1. The van der Waals surface area contributed by atoms with E-state index in [1.807, 2.05) is 70.2 Å². The number of aryl methyl sites for hydroxylation is 1. The van der Waals surface area contributed by atoms with Crippen LogP contribution in [0.3, 0.4) is 0 Å². The van der Waals surface area contributed by atoms with Gasteiger partial charge in [0.1, 0.15) is 22.9 Å². The van der Waals surface area contributed by atoms with Crippen molar-refractivity contribution in [2.45, 2.75) is 167 Å². The van der Waals surface area contributed by atoms with Crippen LogP contribution in [0, 0.1) is 5.92 Å². The van der Waals surface area contributed by atoms with Gasteiger partial charge in [-0.25, -0.2) is 19.0 Å². The van der Waals surface area contributed by atoms with Gasteiger partial charge in [-0.2, -0.15) is 0 Å². The minimum atomic E-state index is -3.10. The van der Waals surface area contributed by atoms with Gasteiger partial charge in [0.15, 0.2) is 17.7 Å². The van der Waals surface area contributed by atoms with Crippen LogP contribution in [0.15, 0.2) is 30.5 Å². The van der Waals surface area contributed by atoms with Crippen molar-refractivity contribution in [2.75, 3.05) is 34.3 Å². The number of thiazole rings is 1. The molecule has 2 N–H and O–H groups in total. The Morgan fingerprint density at radius 2 is 1.81 bits per heavy atom. The molecule has 5 heterocycles. The Kier molecular flexibility index (Phi) is 15.9. The van der Waals surface area contributed by atoms with E-state index in [0.717, 1.165) is 22.1 Å². The summed E-state index contributed by atoms with van der Waals surface area (Å²) < 4.78 is 50.2. The molecule has 16 nitrogen and oxygen atoms in total. The summed E-state index contributed by atoms with van der Waals surface area (Å²) in [5.41, 5.74) is -4.11. The first kappa shape index (κ1) is 49.4. The lowest BCUT2D eigenvalue weighted by molar-refractivity contribution is -0.289. The van der Waals surface area contributed by atoms with E-state index in [-0.39, 0.29) is 31.9 Å². The number of alkyl halides is 1. The summed E-state index contributed by atoms with van der Waals surface area (Å²) in [5.74, 6) is -2.58. The largest absolute Gasteiger partial charge is 0.455 e. The molecule has 2 aromatic heterocycles. The van der Waals surface area contributed by atoms with Crippen LogP contribution in [0.1, 0.15) is 94.4 Å². The number of fused-ring (bicyclic) bond motifs is 2. The third-order valence-corrected chi connectivity index (χ3v) is 13.9. The van der Waals surface area contributed by atoms with E-state index in [1.165, 1.54) is 7.11 Å². The standard InChI is InChI=1S/C43H64FN7O9S.CH4/c1-11-33-43(7)36(51(40(55)60-43)19-15-14-18-50-24-29(47-48-50)37-46-28-16-12-13-17-31(28)61-37)27(4)45-23-25(2)22-41(5,56-10)34(21-32(52)42(6,44)39(54)59-33)58-38-35(53)30(49(8)9)20-26(3)57-38;/h12-13,16-17,24-27,30,33-36,38,45,53H,11,14-15,18-23H2,1-10H3;1H4/t25-,26-,27-,30?,33-,34-,35?,36-,38+,41-,42?,43-;/m1./s1. The molecule has 62 heavy (non-hydrogen) atoms. The summed E-state index contributed by atoms with van der Waals surface area (Å²) in [6.07, 6.45) is -1.70. The number of unbranched alkanes of at least 4 members (excludes halogenated alkanes) is 1. The lowest BCUT2D eigenvalue weighted by atomic mass is 9.83. The molecule has 346 valence electrons. The number of hydrogen-bond donors (Lipinski definition) is 2. The van der Waals surface area contributed by atoms with Crippen LogP contribution in [0.4, 0.5) is 9.18 Å². The van der Waals surface area contributed by atoms with Crippen LogP contribution in [0.5, 0.6) is 0 Å². The number of hydrogen-bond acceptors (Lipinski definition) is 15. The molecule has 0 spiro atoms. The van der Waals surface area contributed by atoms with Gasteiger partial charge in [-0.3, -0.25) is 14.4 Å². The zero-order chi connectivity index (χ0) is 44.4. The number of ketones is 1. The third-order valence-electron chi connectivity index (χ3n) is 12.8. The lowest BCUT2D eigenvalue weighted by Crippen LogP contribution is -2.61. The Labute approximate surface area is 369 Å². The molecule has 3 aliphatic rings. The van der Waals surface area contributed by atoms with E-state index in [0.29, 0.717) is 51.0 Å². The number of esters is 1. The van der Waals surface area contributed by atoms with Crippen molar-refractivity contribution in [1.29, 1.82) is 0 Å². The van der Waals surface area contributed by atoms with E-state index in [9.17, 15) is 19.5 Å². The third kappa shape index (κ3) is 10.3. The van der Waals surface area contributed by atoms with Crippen LogP contribution in [-0.4, -0.2) is 153 Å². The number of aromatic nitrogens is 4. The van der Waals surface area contributed by atoms with Gasteiger partial charge in [0.05, 0.1) is 40.3 Å². The molecule has 0 bridgehead atoms. The maximum Gasteiger partial charge on any atom is 0.410 e. The van der Waals surface area contributed by atoms with Crippen molar-refractivity contribution in [2.24, 2.45) is 5.92 Å². The molecule has 3 aromatic rings. The number of cyclic esters (lactones) is 1. The normalized spacial score (nSPS) is 35.2. The van der Waals surface area contributed by atoms with Gasteiger partial charge in [0, 0.05) is 38.7 Å². The fraction of sp³-hybridized carbons (Fsp3) is 0.727. The second-order valence-electron chi connectivity index (χ2n) is 17.9. The van der Waals surface area contributed by atoms with Gasteiger partial charge < -0.3 is 39.0 Å². The number of amides is 1. The van der Waals surface area contributed by atoms with Crippen molar-refractivity contribution < 1.29 is 47.6 Å². The average Bonchev–Trinajstić information content (AvgIpc) is 3.93. The van der Waals surface area contributed by atoms with Crippen LogP contribution in [0.2, 0.25) is 0 Å². The van der Waals surface area contributed by atoms with E-state index < -0.39 is 77.8 Å². The summed E-state index contributed by atoms with van der Waals surface area (Å²) in [7, 11) is 5.20. The summed E-state index contributed by atoms with van der Waals surface area (Å²) in [6.45, 7) is 13.3. The Balaban J connectivity index is 0.00000726. The highest BCUT2D eigenvalue weighted by atomic mass is 32.1. The van der Waals surface area contributed by atoms with E-state index >= 15 is 4.39 Å².